The molecule has 0 amide bonds. The molecular weight excluding hydrogens is 256 g/mol. The van der Waals surface area contributed by atoms with E-state index >= 15 is 0 Å². The Kier molecular flexibility index (Phi) is 3.84. The summed E-state index contributed by atoms with van der Waals surface area (Å²) >= 11 is 5.94. The molecule has 1 aromatic rings. The average Bonchev–Trinajstić information content (AvgIpc) is 2.65. The molecule has 2 aliphatic heterocycles. The Morgan fingerprint density at radius 3 is 2.37 bits per heavy atom. The van der Waals surface area contributed by atoms with Crippen molar-refractivity contribution in [1.29, 1.82) is 0 Å². The van der Waals surface area contributed by atoms with Gasteiger partial charge in [0.15, 0.2) is 0 Å². The fourth-order valence-corrected chi connectivity index (χ4v) is 4.17. The van der Waals surface area contributed by atoms with E-state index in [1.807, 2.05) is 12.1 Å². The van der Waals surface area contributed by atoms with E-state index < -0.39 is 0 Å². The molecule has 2 N–H and O–H groups in total. The molecule has 3 unspecified atom stereocenters. The number of fused-ring (bicyclic) bond motifs is 2. The average molecular weight is 279 g/mol. The van der Waals surface area contributed by atoms with Gasteiger partial charge in [-0.1, -0.05) is 23.7 Å². The lowest BCUT2D eigenvalue weighted by atomic mass is 9.94. The van der Waals surface area contributed by atoms with Gasteiger partial charge in [-0.2, -0.15) is 0 Å². The zero-order valence-electron chi connectivity index (χ0n) is 11.6. The standard InChI is InChI=1S/C16H23ClN2/c1-11(8-12-2-4-13(17)5-3-12)19-15-6-7-16(19)10-14(18)9-15/h2-5,11,14-16H,6-10,18H2,1H3. The van der Waals surface area contributed by atoms with E-state index in [1.54, 1.807) is 0 Å². The molecule has 2 nitrogen and oxygen atoms in total. The largest absolute Gasteiger partial charge is 0.328 e. The summed E-state index contributed by atoms with van der Waals surface area (Å²) in [5, 5.41) is 0.820. The molecule has 2 saturated heterocycles. The number of rotatable bonds is 3. The molecule has 0 spiro atoms. The lowest BCUT2D eigenvalue weighted by Gasteiger charge is -2.41. The van der Waals surface area contributed by atoms with E-state index in [9.17, 15) is 0 Å². The minimum absolute atomic E-state index is 0.427. The molecule has 3 heteroatoms. The second kappa shape index (κ2) is 5.43. The van der Waals surface area contributed by atoms with Crippen LogP contribution in [0.1, 0.15) is 38.2 Å². The van der Waals surface area contributed by atoms with Crippen LogP contribution in [0, 0.1) is 0 Å². The van der Waals surface area contributed by atoms with E-state index in [4.69, 9.17) is 17.3 Å². The van der Waals surface area contributed by atoms with Crippen LogP contribution >= 0.6 is 11.6 Å². The Morgan fingerprint density at radius 1 is 1.21 bits per heavy atom. The highest BCUT2D eigenvalue weighted by molar-refractivity contribution is 6.30. The monoisotopic (exact) mass is 278 g/mol. The van der Waals surface area contributed by atoms with Crippen molar-refractivity contribution in [1.82, 2.24) is 4.90 Å². The van der Waals surface area contributed by atoms with Gasteiger partial charge in [0, 0.05) is 29.2 Å². The van der Waals surface area contributed by atoms with Crippen LogP contribution in [0.5, 0.6) is 0 Å². The van der Waals surface area contributed by atoms with Crippen molar-refractivity contribution in [3.63, 3.8) is 0 Å². The van der Waals surface area contributed by atoms with Crippen LogP contribution in [0.2, 0.25) is 5.02 Å². The van der Waals surface area contributed by atoms with Crippen molar-refractivity contribution < 1.29 is 0 Å². The smallest absolute Gasteiger partial charge is 0.0406 e. The third-order valence-corrected chi connectivity index (χ3v) is 5.03. The number of halogens is 1. The van der Waals surface area contributed by atoms with E-state index in [1.165, 1.54) is 31.2 Å². The van der Waals surface area contributed by atoms with Crippen molar-refractivity contribution in [2.24, 2.45) is 5.73 Å². The minimum atomic E-state index is 0.427. The second-order valence-electron chi connectivity index (χ2n) is 6.24. The predicted molar refractivity (Wildman–Crippen MR) is 80.5 cm³/mol. The Morgan fingerprint density at radius 2 is 1.79 bits per heavy atom. The summed E-state index contributed by atoms with van der Waals surface area (Å²) < 4.78 is 0. The van der Waals surface area contributed by atoms with Crippen LogP contribution < -0.4 is 5.73 Å². The van der Waals surface area contributed by atoms with Gasteiger partial charge in [-0.15, -0.1) is 0 Å². The van der Waals surface area contributed by atoms with E-state index in [2.05, 4.69) is 24.0 Å². The lowest BCUT2D eigenvalue weighted by molar-refractivity contribution is 0.0855. The maximum Gasteiger partial charge on any atom is 0.0406 e. The first-order chi connectivity index (χ1) is 9.13. The van der Waals surface area contributed by atoms with Gasteiger partial charge in [0.1, 0.15) is 0 Å². The molecule has 0 aromatic heterocycles. The normalized spacial score (nSPS) is 32.5. The first-order valence-corrected chi connectivity index (χ1v) is 7.78. The van der Waals surface area contributed by atoms with E-state index in [0.717, 1.165) is 23.5 Å². The number of nitrogens with two attached hydrogens (primary N) is 1. The lowest BCUT2D eigenvalue weighted by Crippen LogP contribution is -2.51. The SMILES string of the molecule is CC(Cc1ccc(Cl)cc1)N1C2CCC1CC(N)C2. The molecule has 0 radical (unpaired) electrons. The van der Waals surface area contributed by atoms with Crippen molar-refractivity contribution >= 4 is 11.6 Å². The number of nitrogens with zero attached hydrogens (tertiary/aromatic N) is 1. The number of benzene rings is 1. The summed E-state index contributed by atoms with van der Waals surface area (Å²) in [6.45, 7) is 2.36. The number of piperidine rings is 1. The summed E-state index contributed by atoms with van der Waals surface area (Å²) in [4.78, 5) is 2.73. The summed E-state index contributed by atoms with van der Waals surface area (Å²) in [6, 6.07) is 10.7. The molecule has 104 valence electrons. The quantitative estimate of drug-likeness (QED) is 0.920. The summed E-state index contributed by atoms with van der Waals surface area (Å²) in [7, 11) is 0. The van der Waals surface area contributed by atoms with E-state index in [0.29, 0.717) is 12.1 Å². The second-order valence-corrected chi connectivity index (χ2v) is 6.68. The Balaban J connectivity index is 1.67. The van der Waals surface area contributed by atoms with Crippen LogP contribution in [0.4, 0.5) is 0 Å². The molecule has 1 aromatic carbocycles. The molecule has 0 aliphatic carbocycles. The van der Waals surface area contributed by atoms with Gasteiger partial charge < -0.3 is 5.73 Å². The van der Waals surface area contributed by atoms with Crippen molar-refractivity contribution in [2.75, 3.05) is 0 Å². The van der Waals surface area contributed by atoms with Gasteiger partial charge in [-0.3, -0.25) is 4.90 Å². The topological polar surface area (TPSA) is 29.3 Å². The van der Waals surface area contributed by atoms with Crippen LogP contribution in [-0.2, 0) is 6.42 Å². The van der Waals surface area contributed by atoms with Gasteiger partial charge >= 0.3 is 0 Å². The fraction of sp³-hybridized carbons (Fsp3) is 0.625. The molecule has 0 saturated carbocycles. The minimum Gasteiger partial charge on any atom is -0.328 e. The third kappa shape index (κ3) is 2.81. The molecule has 2 bridgehead atoms. The predicted octanol–water partition coefficient (Wildman–Crippen LogP) is 3.23. The van der Waals surface area contributed by atoms with Gasteiger partial charge in [0.05, 0.1) is 0 Å². The Labute approximate surface area is 120 Å². The molecule has 3 atom stereocenters. The molecule has 2 fully saturated rings. The maximum absolute atomic E-state index is 6.15. The Hall–Kier alpha value is -0.570. The fourth-order valence-electron chi connectivity index (χ4n) is 4.04. The summed E-state index contributed by atoms with van der Waals surface area (Å²) in [5.41, 5.74) is 7.53. The van der Waals surface area contributed by atoms with Crippen molar-refractivity contribution in [3.05, 3.63) is 34.9 Å². The highest BCUT2D eigenvalue weighted by Crippen LogP contribution is 2.37. The van der Waals surface area contributed by atoms with E-state index in [-0.39, 0.29) is 0 Å². The molecule has 19 heavy (non-hydrogen) atoms. The van der Waals surface area contributed by atoms with Gasteiger partial charge in [-0.05, 0) is 56.7 Å². The zero-order valence-corrected chi connectivity index (χ0v) is 12.3. The van der Waals surface area contributed by atoms with Crippen molar-refractivity contribution in [2.45, 2.75) is 63.2 Å². The number of hydrogen-bond acceptors (Lipinski definition) is 2. The highest BCUT2D eigenvalue weighted by atomic mass is 35.5. The molecular formula is C16H23ClN2. The van der Waals surface area contributed by atoms with Crippen molar-refractivity contribution in [3.8, 4) is 0 Å². The van der Waals surface area contributed by atoms with Crippen LogP contribution in [-0.4, -0.2) is 29.1 Å². The van der Waals surface area contributed by atoms with Gasteiger partial charge in [-0.25, -0.2) is 0 Å². The summed E-state index contributed by atoms with van der Waals surface area (Å²) in [6.07, 6.45) is 6.15. The maximum atomic E-state index is 6.15. The summed E-state index contributed by atoms with van der Waals surface area (Å²) in [5.74, 6) is 0. The highest BCUT2D eigenvalue weighted by Gasteiger charge is 2.41. The van der Waals surface area contributed by atoms with Crippen LogP contribution in [0.15, 0.2) is 24.3 Å². The molecule has 3 rings (SSSR count). The first-order valence-electron chi connectivity index (χ1n) is 7.41. The number of hydrogen-bond donors (Lipinski definition) is 1. The third-order valence-electron chi connectivity index (χ3n) is 4.78. The molecule has 2 aliphatic rings. The van der Waals surface area contributed by atoms with Gasteiger partial charge in [0.25, 0.3) is 0 Å². The Bertz CT molecular complexity index is 417. The van der Waals surface area contributed by atoms with Gasteiger partial charge in [0.2, 0.25) is 0 Å². The van der Waals surface area contributed by atoms with Crippen LogP contribution in [0.25, 0.3) is 0 Å². The molecule has 2 heterocycles. The zero-order chi connectivity index (χ0) is 13.4. The first kappa shape index (κ1) is 13.4. The van der Waals surface area contributed by atoms with Crippen LogP contribution in [0.3, 0.4) is 0 Å².